The van der Waals surface area contributed by atoms with Gasteiger partial charge in [-0.15, -0.1) is 0 Å². The highest BCUT2D eigenvalue weighted by atomic mass is 16.7. The Morgan fingerprint density at radius 2 is 1.95 bits per heavy atom. The van der Waals surface area contributed by atoms with Crippen LogP contribution < -0.4 is 0 Å². The van der Waals surface area contributed by atoms with Crippen molar-refractivity contribution < 1.29 is 23.7 Å². The van der Waals surface area contributed by atoms with E-state index >= 15 is 0 Å². The fourth-order valence-corrected chi connectivity index (χ4v) is 1.50. The lowest BCUT2D eigenvalue weighted by Gasteiger charge is -2.09. The van der Waals surface area contributed by atoms with Crippen LogP contribution in [0.4, 0.5) is 4.79 Å². The third kappa shape index (κ3) is 10.1. The van der Waals surface area contributed by atoms with Gasteiger partial charge in [-0.25, -0.2) is 4.79 Å². The third-order valence-electron chi connectivity index (χ3n) is 2.60. The van der Waals surface area contributed by atoms with Crippen molar-refractivity contribution >= 4 is 6.16 Å². The van der Waals surface area contributed by atoms with Gasteiger partial charge in [-0.1, -0.05) is 18.6 Å². The van der Waals surface area contributed by atoms with Crippen LogP contribution in [-0.2, 0) is 18.9 Å². The summed E-state index contributed by atoms with van der Waals surface area (Å²) < 4.78 is 19.7. The molecule has 0 radical (unpaired) electrons. The van der Waals surface area contributed by atoms with E-state index in [0.717, 1.165) is 18.6 Å². The second-order valence-corrected chi connectivity index (χ2v) is 5.01. The molecule has 2 unspecified atom stereocenters. The quantitative estimate of drug-likeness (QED) is 0.583. The highest BCUT2D eigenvalue weighted by Crippen LogP contribution is 2.17. The Hall–Kier alpha value is -1.33. The summed E-state index contributed by atoms with van der Waals surface area (Å²) in [6, 6.07) is 0. The van der Waals surface area contributed by atoms with E-state index in [1.165, 1.54) is 12.7 Å². The van der Waals surface area contributed by atoms with Crippen LogP contribution in [0.25, 0.3) is 0 Å². The maximum atomic E-state index is 10.3. The van der Waals surface area contributed by atoms with Gasteiger partial charge in [0.25, 0.3) is 0 Å². The zero-order valence-electron chi connectivity index (χ0n) is 14.0. The number of allylic oxidation sites excluding steroid dienone is 2. The number of hydrogen-bond donors (Lipinski definition) is 0. The molecule has 1 fully saturated rings. The standard InChI is InChI=1S/C9H16O2.C7H12O3/c1-4-5-7(2)9-10-6-8(3)11-9;1-6(2)4-5-10-7(8)9-3/h5,8-9H,4,6H2,1-3H3;4H,5H2,1-3H3/b7-5+;. The average Bonchev–Trinajstić information content (AvgIpc) is 2.86. The molecule has 5 heteroatoms. The van der Waals surface area contributed by atoms with Gasteiger partial charge in [0.2, 0.25) is 0 Å². The van der Waals surface area contributed by atoms with E-state index in [2.05, 4.69) is 22.5 Å². The molecule has 0 aromatic heterocycles. The lowest BCUT2D eigenvalue weighted by molar-refractivity contribution is -0.0252. The van der Waals surface area contributed by atoms with Crippen LogP contribution in [0.2, 0.25) is 0 Å². The minimum Gasteiger partial charge on any atom is -0.438 e. The molecule has 21 heavy (non-hydrogen) atoms. The van der Waals surface area contributed by atoms with Crippen molar-refractivity contribution in [2.24, 2.45) is 0 Å². The van der Waals surface area contributed by atoms with Crippen LogP contribution in [0.3, 0.4) is 0 Å². The molecule has 0 amide bonds. The summed E-state index contributed by atoms with van der Waals surface area (Å²) in [5.74, 6) is 0. The Kier molecular flexibility index (Phi) is 10.6. The van der Waals surface area contributed by atoms with Crippen molar-refractivity contribution in [2.75, 3.05) is 20.3 Å². The van der Waals surface area contributed by atoms with E-state index in [-0.39, 0.29) is 19.0 Å². The lowest BCUT2D eigenvalue weighted by atomic mass is 10.2. The molecule has 0 spiro atoms. The zero-order valence-corrected chi connectivity index (χ0v) is 14.0. The second-order valence-electron chi connectivity index (χ2n) is 5.01. The molecule has 0 aromatic rings. The first kappa shape index (κ1) is 19.7. The topological polar surface area (TPSA) is 54.0 Å². The van der Waals surface area contributed by atoms with Gasteiger partial charge in [0.05, 0.1) is 19.8 Å². The molecule has 1 saturated heterocycles. The summed E-state index contributed by atoms with van der Waals surface area (Å²) in [5.41, 5.74) is 2.31. The molecule has 122 valence electrons. The van der Waals surface area contributed by atoms with E-state index in [9.17, 15) is 4.79 Å². The molecule has 1 aliphatic heterocycles. The maximum Gasteiger partial charge on any atom is 0.508 e. The van der Waals surface area contributed by atoms with Crippen LogP contribution in [0.5, 0.6) is 0 Å². The summed E-state index contributed by atoms with van der Waals surface area (Å²) in [5, 5.41) is 0. The van der Waals surface area contributed by atoms with Gasteiger partial charge in [-0.3, -0.25) is 0 Å². The van der Waals surface area contributed by atoms with E-state index < -0.39 is 6.16 Å². The summed E-state index contributed by atoms with van der Waals surface area (Å²) in [7, 11) is 1.28. The summed E-state index contributed by atoms with van der Waals surface area (Å²) in [6.07, 6.45) is 4.52. The Labute approximate surface area is 127 Å². The molecule has 1 rings (SSSR count). The molecule has 0 saturated carbocycles. The summed E-state index contributed by atoms with van der Waals surface area (Å²) in [4.78, 5) is 10.3. The number of rotatable bonds is 4. The Bertz CT molecular complexity index is 356. The van der Waals surface area contributed by atoms with Crippen LogP contribution in [-0.4, -0.2) is 38.9 Å². The average molecular weight is 300 g/mol. The molecule has 0 aromatic carbocycles. The predicted octanol–water partition coefficient (Wildman–Crippen LogP) is 3.84. The zero-order chi connectivity index (χ0) is 16.3. The first-order chi connectivity index (χ1) is 9.90. The van der Waals surface area contributed by atoms with Crippen molar-refractivity contribution in [1.82, 2.24) is 0 Å². The normalized spacial score (nSPS) is 21.1. The minimum atomic E-state index is -0.641. The van der Waals surface area contributed by atoms with E-state index in [4.69, 9.17) is 9.47 Å². The third-order valence-corrected chi connectivity index (χ3v) is 2.60. The number of methoxy groups -OCH3 is 1. The number of carbonyl (C=O) groups excluding carboxylic acids is 1. The van der Waals surface area contributed by atoms with Crippen molar-refractivity contribution in [2.45, 2.75) is 53.4 Å². The monoisotopic (exact) mass is 300 g/mol. The Morgan fingerprint density at radius 1 is 1.29 bits per heavy atom. The predicted molar refractivity (Wildman–Crippen MR) is 82.1 cm³/mol. The molecule has 0 N–H and O–H groups in total. The van der Waals surface area contributed by atoms with Gasteiger partial charge in [-0.2, -0.15) is 0 Å². The molecule has 0 aliphatic carbocycles. The number of hydrogen-bond acceptors (Lipinski definition) is 5. The first-order valence-electron chi connectivity index (χ1n) is 7.18. The molecule has 5 nitrogen and oxygen atoms in total. The van der Waals surface area contributed by atoms with Gasteiger partial charge in [0.1, 0.15) is 6.61 Å². The molecule has 1 aliphatic rings. The largest absolute Gasteiger partial charge is 0.508 e. The van der Waals surface area contributed by atoms with Gasteiger partial charge in [0, 0.05) is 0 Å². The fourth-order valence-electron chi connectivity index (χ4n) is 1.50. The van der Waals surface area contributed by atoms with Gasteiger partial charge < -0.3 is 18.9 Å². The van der Waals surface area contributed by atoms with E-state index in [1.807, 2.05) is 27.7 Å². The molecule has 2 atom stereocenters. The van der Waals surface area contributed by atoms with Crippen molar-refractivity contribution in [3.8, 4) is 0 Å². The molecular weight excluding hydrogens is 272 g/mol. The highest BCUT2D eigenvalue weighted by Gasteiger charge is 2.22. The van der Waals surface area contributed by atoms with Gasteiger partial charge in [0.15, 0.2) is 6.29 Å². The van der Waals surface area contributed by atoms with E-state index in [0.29, 0.717) is 0 Å². The lowest BCUT2D eigenvalue weighted by Crippen LogP contribution is -2.10. The molecule has 1 heterocycles. The molecular formula is C16H28O5. The molecule has 0 bridgehead atoms. The number of ether oxygens (including phenoxy) is 4. The van der Waals surface area contributed by atoms with Crippen LogP contribution in [0.15, 0.2) is 23.3 Å². The van der Waals surface area contributed by atoms with Crippen LogP contribution in [0.1, 0.15) is 41.0 Å². The first-order valence-corrected chi connectivity index (χ1v) is 7.18. The number of carbonyl (C=O) groups is 1. The SMILES string of the molecule is CC/C=C(\C)C1OCC(C)O1.COC(=O)OCC=C(C)C. The van der Waals surface area contributed by atoms with Gasteiger partial charge in [-0.05, 0) is 45.8 Å². The van der Waals surface area contributed by atoms with Crippen LogP contribution >= 0.6 is 0 Å². The van der Waals surface area contributed by atoms with Gasteiger partial charge >= 0.3 is 6.16 Å². The smallest absolute Gasteiger partial charge is 0.438 e. The maximum absolute atomic E-state index is 10.3. The summed E-state index contributed by atoms with van der Waals surface area (Å²) >= 11 is 0. The second kappa shape index (κ2) is 11.3. The Morgan fingerprint density at radius 3 is 2.38 bits per heavy atom. The Balaban J connectivity index is 0.000000384. The van der Waals surface area contributed by atoms with E-state index in [1.54, 1.807) is 6.08 Å². The fraction of sp³-hybridized carbons (Fsp3) is 0.688. The van der Waals surface area contributed by atoms with Crippen molar-refractivity contribution in [3.63, 3.8) is 0 Å². The van der Waals surface area contributed by atoms with Crippen molar-refractivity contribution in [3.05, 3.63) is 23.3 Å². The van der Waals surface area contributed by atoms with Crippen molar-refractivity contribution in [1.29, 1.82) is 0 Å². The van der Waals surface area contributed by atoms with Crippen LogP contribution in [0, 0.1) is 0 Å². The summed E-state index contributed by atoms with van der Waals surface area (Å²) in [6.45, 7) is 11.1. The minimum absolute atomic E-state index is 0.0788. The highest BCUT2D eigenvalue weighted by molar-refractivity contribution is 5.59.